The maximum absolute atomic E-state index is 11.2. The van der Waals surface area contributed by atoms with Crippen molar-refractivity contribution in [3.05, 3.63) is 0 Å². The Morgan fingerprint density at radius 3 is 2.58 bits per heavy atom. The van der Waals surface area contributed by atoms with Gasteiger partial charge in [0.15, 0.2) is 0 Å². The van der Waals surface area contributed by atoms with Crippen LogP contribution in [0.15, 0.2) is 0 Å². The second-order valence-electron chi connectivity index (χ2n) is 2.52. The average molecular weight is 281 g/mol. The summed E-state index contributed by atoms with van der Waals surface area (Å²) in [5.74, 6) is 0. The van der Waals surface area contributed by atoms with E-state index in [-0.39, 0.29) is 0 Å². The zero-order chi connectivity index (χ0) is 9.23. The van der Waals surface area contributed by atoms with E-state index in [0.717, 1.165) is 17.3 Å². The van der Waals surface area contributed by atoms with E-state index >= 15 is 0 Å². The van der Waals surface area contributed by atoms with E-state index in [0.29, 0.717) is 19.8 Å². The van der Waals surface area contributed by atoms with E-state index in [9.17, 15) is 3.08 Å². The second kappa shape index (κ2) is 9.61. The first-order valence-electron chi connectivity index (χ1n) is 4.54. The number of unbranched alkanes of at least 4 members (excludes halogenated alkanes) is 1. The van der Waals surface area contributed by atoms with Crippen LogP contribution in [0.2, 0.25) is 4.44 Å². The molecule has 0 radical (unpaired) electrons. The molecule has 0 saturated heterocycles. The normalized spacial score (nSPS) is 10.2. The third-order valence-corrected chi connectivity index (χ3v) is 5.11. The molecule has 0 aliphatic carbocycles. The van der Waals surface area contributed by atoms with E-state index in [1.807, 2.05) is 6.92 Å². The number of hydrogen-bond donors (Lipinski definition) is 0. The summed E-state index contributed by atoms with van der Waals surface area (Å²) in [6.45, 7) is 5.82. The van der Waals surface area contributed by atoms with Gasteiger partial charge >= 0.3 is 82.0 Å². The Morgan fingerprint density at radius 2 is 2.00 bits per heavy atom. The topological polar surface area (TPSA) is 35.5 Å². The van der Waals surface area contributed by atoms with Crippen molar-refractivity contribution in [1.82, 2.24) is 0 Å². The summed E-state index contributed by atoms with van der Waals surface area (Å²) in [6.07, 6.45) is 2.13. The molecule has 0 atom stereocenters. The van der Waals surface area contributed by atoms with Crippen molar-refractivity contribution < 1.29 is 10.9 Å². The first-order chi connectivity index (χ1) is 5.81. The fraction of sp³-hybridized carbons (Fsp3) is 1.00. The summed E-state index contributed by atoms with van der Waals surface area (Å²) in [4.78, 5) is 0. The van der Waals surface area contributed by atoms with Crippen LogP contribution < -0.4 is 0 Å². The molecule has 0 saturated carbocycles. The van der Waals surface area contributed by atoms with Crippen LogP contribution >= 0.6 is 0 Å². The van der Waals surface area contributed by atoms with Crippen molar-refractivity contribution in [3.8, 4) is 0 Å². The molecule has 0 fully saturated rings. The molecule has 0 aliphatic rings. The van der Waals surface area contributed by atoms with Crippen LogP contribution in [-0.2, 0) is 10.9 Å². The monoisotopic (exact) mass is 282 g/mol. The Hall–Kier alpha value is 0.519. The Bertz CT molecular complexity index is 117. The molecule has 0 aromatic rings. The summed E-state index contributed by atoms with van der Waals surface area (Å²) in [7, 11) is 0. The van der Waals surface area contributed by atoms with Gasteiger partial charge in [0, 0.05) is 0 Å². The fourth-order valence-electron chi connectivity index (χ4n) is 0.752. The fourth-order valence-corrected chi connectivity index (χ4v) is 3.88. The molecular weight excluding hydrogens is 263 g/mol. The molecule has 0 aliphatic heterocycles. The molecule has 0 N–H and O–H groups in total. The van der Waals surface area contributed by atoms with E-state index in [1.165, 1.54) is 0 Å². The van der Waals surface area contributed by atoms with Crippen LogP contribution in [-0.4, -0.2) is 40.0 Å². The van der Waals surface area contributed by atoms with E-state index in [2.05, 4.69) is 6.92 Å². The van der Waals surface area contributed by atoms with Gasteiger partial charge in [-0.1, -0.05) is 0 Å². The number of rotatable bonds is 8. The van der Waals surface area contributed by atoms with Crippen molar-refractivity contribution in [3.63, 3.8) is 0 Å². The van der Waals surface area contributed by atoms with Crippen LogP contribution in [0.5, 0.6) is 0 Å². The molecule has 0 rings (SSSR count). The minimum atomic E-state index is -2.61. The number of hydrogen-bond acceptors (Lipinski definition) is 3. The average Bonchev–Trinajstić information content (AvgIpc) is 2.09. The molecule has 12 heavy (non-hydrogen) atoms. The molecule has 0 heterocycles. The van der Waals surface area contributed by atoms with E-state index in [1.54, 1.807) is 0 Å². The zero-order valence-electron chi connectivity index (χ0n) is 7.97. The van der Waals surface area contributed by atoms with Gasteiger partial charge < -0.3 is 0 Å². The summed E-state index contributed by atoms with van der Waals surface area (Å²) >= 11 is -2.61. The first kappa shape index (κ1) is 12.5. The van der Waals surface area contributed by atoms with Crippen molar-refractivity contribution >= 4 is 20.2 Å². The molecule has 0 aromatic heterocycles. The summed E-state index contributed by atoms with van der Waals surface area (Å²) in [6, 6.07) is 0. The van der Waals surface area contributed by atoms with Crippen molar-refractivity contribution in [2.45, 2.75) is 31.1 Å². The molecule has 72 valence electrons. The molecular formula is C8H18O3Sn. The Morgan fingerprint density at radius 1 is 1.25 bits per heavy atom. The van der Waals surface area contributed by atoms with Crippen LogP contribution in [0.3, 0.4) is 0 Å². The molecule has 0 spiro atoms. The summed E-state index contributed by atoms with van der Waals surface area (Å²) < 4.78 is 22.2. The van der Waals surface area contributed by atoms with Crippen LogP contribution in [0.4, 0.5) is 0 Å². The van der Waals surface area contributed by atoms with Gasteiger partial charge in [0.1, 0.15) is 0 Å². The Balaban J connectivity index is 3.08. The Kier molecular flexibility index (Phi) is 10.0. The van der Waals surface area contributed by atoms with Crippen molar-refractivity contribution in [1.29, 1.82) is 0 Å². The van der Waals surface area contributed by atoms with Gasteiger partial charge in [-0.3, -0.25) is 0 Å². The van der Waals surface area contributed by atoms with Crippen LogP contribution in [0.1, 0.15) is 26.7 Å². The maximum atomic E-state index is 11.2. The second-order valence-corrected chi connectivity index (χ2v) is 6.90. The zero-order valence-corrected chi connectivity index (χ0v) is 10.8. The van der Waals surface area contributed by atoms with Gasteiger partial charge in [0.2, 0.25) is 0 Å². The molecule has 0 unspecified atom stereocenters. The molecule has 4 heteroatoms. The third kappa shape index (κ3) is 8.61. The van der Waals surface area contributed by atoms with Crippen molar-refractivity contribution in [2.75, 3.05) is 19.8 Å². The van der Waals surface area contributed by atoms with Crippen LogP contribution in [0.25, 0.3) is 0 Å². The minimum absolute atomic E-state index is 0.510. The molecule has 0 aromatic carbocycles. The van der Waals surface area contributed by atoms with E-state index < -0.39 is 20.2 Å². The van der Waals surface area contributed by atoms with Gasteiger partial charge in [-0.25, -0.2) is 0 Å². The van der Waals surface area contributed by atoms with Gasteiger partial charge in [0.05, 0.1) is 0 Å². The quantitative estimate of drug-likeness (QED) is 0.502. The predicted octanol–water partition coefficient (Wildman–Crippen LogP) is 1.76. The molecule has 3 nitrogen and oxygen atoms in total. The summed E-state index contributed by atoms with van der Waals surface area (Å²) in [5.41, 5.74) is 0. The van der Waals surface area contributed by atoms with E-state index in [4.69, 9.17) is 7.81 Å². The first-order valence-corrected chi connectivity index (χ1v) is 8.89. The third-order valence-electron chi connectivity index (χ3n) is 1.43. The van der Waals surface area contributed by atoms with Gasteiger partial charge in [0.25, 0.3) is 0 Å². The molecule has 0 amide bonds. The van der Waals surface area contributed by atoms with Gasteiger partial charge in [-0.05, 0) is 0 Å². The molecule has 0 bridgehead atoms. The van der Waals surface area contributed by atoms with Gasteiger partial charge in [-0.15, -0.1) is 0 Å². The van der Waals surface area contributed by atoms with Gasteiger partial charge in [-0.2, -0.15) is 0 Å². The SMILES string of the molecule is CCC[CH2][Sn](=[O])[O]CCOCC. The Labute approximate surface area is 82.1 Å². The number of ether oxygens (including phenoxy) is 1. The van der Waals surface area contributed by atoms with Crippen molar-refractivity contribution in [2.24, 2.45) is 0 Å². The summed E-state index contributed by atoms with van der Waals surface area (Å²) in [5, 5.41) is 0. The van der Waals surface area contributed by atoms with Crippen LogP contribution in [0, 0.1) is 0 Å². The standard InChI is InChI=1S/C4H9O2.C4H9.O.Sn/c1-2-6-4-3-5;1-3-4-2;;/h2-4H2,1H3;1,3-4H2,2H3;;/q-1;;;+1. The predicted molar refractivity (Wildman–Crippen MR) is 48.6 cm³/mol.